The highest BCUT2D eigenvalue weighted by molar-refractivity contribution is 8.13. The van der Waals surface area contributed by atoms with E-state index in [1.165, 1.54) is 19.2 Å². The minimum Gasteiger partial charge on any atom is -0.387 e. The first-order valence-electron chi connectivity index (χ1n) is 18.8. The highest BCUT2D eigenvalue weighted by Gasteiger charge is 2.54. The van der Waals surface area contributed by atoms with Crippen LogP contribution in [0.2, 0.25) is 0 Å². The summed E-state index contributed by atoms with van der Waals surface area (Å²) in [6.07, 6.45) is -2.81. The molecule has 1 saturated heterocycles. The van der Waals surface area contributed by atoms with E-state index in [2.05, 4.69) is 10.1 Å². The van der Waals surface area contributed by atoms with Gasteiger partial charge < -0.3 is 25.4 Å². The highest BCUT2D eigenvalue weighted by Crippen LogP contribution is 2.47. The van der Waals surface area contributed by atoms with Gasteiger partial charge in [0.1, 0.15) is 29.2 Å². The molecule has 2 heterocycles. The van der Waals surface area contributed by atoms with Crippen molar-refractivity contribution in [2.75, 3.05) is 31.3 Å². The maximum atomic E-state index is 14.2. The van der Waals surface area contributed by atoms with Crippen LogP contribution in [-0.4, -0.2) is 68.3 Å². The lowest BCUT2D eigenvalue weighted by Crippen LogP contribution is -2.46. The number of aliphatic hydroxyl groups is 2. The zero-order chi connectivity index (χ0) is 41.4. The van der Waals surface area contributed by atoms with E-state index in [-0.39, 0.29) is 36.4 Å². The van der Waals surface area contributed by atoms with E-state index in [4.69, 9.17) is 24.3 Å². The van der Waals surface area contributed by atoms with Gasteiger partial charge in [0.05, 0.1) is 25.2 Å². The maximum absolute atomic E-state index is 14.2. The number of benzene rings is 4. The second-order valence-corrected chi connectivity index (χ2v) is 17.7. The second-order valence-electron chi connectivity index (χ2n) is 14.8. The predicted octanol–water partition coefficient (Wildman–Crippen LogP) is 6.06. The fourth-order valence-corrected chi connectivity index (χ4v) is 8.90. The van der Waals surface area contributed by atoms with Crippen LogP contribution in [0, 0.1) is 5.41 Å². The molecule has 1 aliphatic heterocycles. The lowest BCUT2D eigenvalue weighted by Gasteiger charge is -2.38. The Kier molecular flexibility index (Phi) is 13.8. The fourth-order valence-electron chi connectivity index (χ4n) is 6.67. The van der Waals surface area contributed by atoms with Gasteiger partial charge in [-0.1, -0.05) is 133 Å². The van der Waals surface area contributed by atoms with Gasteiger partial charge in [0.15, 0.2) is 11.3 Å². The largest absolute Gasteiger partial charge is 0.405 e. The van der Waals surface area contributed by atoms with E-state index < -0.39 is 55.1 Å². The van der Waals surface area contributed by atoms with Crippen molar-refractivity contribution in [3.63, 3.8) is 0 Å². The van der Waals surface area contributed by atoms with E-state index in [1.807, 2.05) is 135 Å². The van der Waals surface area contributed by atoms with Crippen LogP contribution in [0.15, 0.2) is 138 Å². The number of nitrogen functional groups attached to an aromatic ring is 1. The Labute approximate surface area is 342 Å². The molecule has 0 bridgehead atoms. The van der Waals surface area contributed by atoms with Crippen LogP contribution >= 0.6 is 19.5 Å². The van der Waals surface area contributed by atoms with E-state index >= 15 is 0 Å². The van der Waals surface area contributed by atoms with Crippen LogP contribution in [0.1, 0.15) is 49.3 Å². The molecular weight excluding hydrogens is 780 g/mol. The normalized spacial score (nSPS) is 20.7. The molecule has 0 radical (unpaired) electrons. The summed E-state index contributed by atoms with van der Waals surface area (Å²) >= 11 is 1.03. The van der Waals surface area contributed by atoms with Crippen molar-refractivity contribution in [1.82, 2.24) is 14.6 Å². The zero-order valence-electron chi connectivity index (χ0n) is 32.5. The average molecular weight is 829 g/mol. The molecule has 15 heteroatoms. The molecule has 4 aromatic carbocycles. The predicted molar refractivity (Wildman–Crippen MR) is 223 cm³/mol. The first kappa shape index (κ1) is 43.1. The average Bonchev–Trinajstić information content (AvgIpc) is 3.46. The SMILES string of the molecule is CC(C)(COC(c1ccccc1)(c1ccccc1)c1ccccc1)C(=O)SCCOP(=O)(NCc1ccccc1)OCC1O[C@@H](n2ccc(N)nc2=O)[C@](C)(O)[C@@H]1O. The Morgan fingerprint density at radius 2 is 1.45 bits per heavy atom. The third kappa shape index (κ3) is 9.86. The third-order valence-corrected chi connectivity index (χ3v) is 12.7. The van der Waals surface area contributed by atoms with Gasteiger partial charge in [0, 0.05) is 18.5 Å². The quantitative estimate of drug-likeness (QED) is 0.0455. The molecule has 0 aliphatic carbocycles. The van der Waals surface area contributed by atoms with Crippen molar-refractivity contribution >= 4 is 30.4 Å². The Morgan fingerprint density at radius 1 is 0.914 bits per heavy atom. The first-order valence-corrected chi connectivity index (χ1v) is 21.3. The molecule has 1 aromatic heterocycles. The highest BCUT2D eigenvalue weighted by atomic mass is 32.2. The second kappa shape index (κ2) is 18.6. The van der Waals surface area contributed by atoms with Crippen molar-refractivity contribution < 1.29 is 38.1 Å². The Balaban J connectivity index is 1.12. The number of hydrogen-bond donors (Lipinski definition) is 4. The number of nitrogens with zero attached hydrogens (tertiary/aromatic N) is 2. The van der Waals surface area contributed by atoms with Gasteiger partial charge in [0.2, 0.25) is 0 Å². The molecule has 0 spiro atoms. The van der Waals surface area contributed by atoms with Crippen LogP contribution in [0.5, 0.6) is 0 Å². The number of carbonyl (C=O) groups excluding carboxylic acids is 1. The third-order valence-electron chi connectivity index (χ3n) is 9.91. The van der Waals surface area contributed by atoms with E-state index in [0.29, 0.717) is 0 Å². The fraction of sp³-hybridized carbons (Fsp3) is 0.326. The number of nitrogens with one attached hydrogen (secondary N) is 1. The Morgan fingerprint density at radius 3 is 1.98 bits per heavy atom. The molecule has 5 atom stereocenters. The van der Waals surface area contributed by atoms with Crippen LogP contribution in [-0.2, 0) is 40.0 Å². The van der Waals surface area contributed by atoms with E-state index in [9.17, 15) is 24.4 Å². The number of thioether (sulfide) groups is 1. The van der Waals surface area contributed by atoms with E-state index in [1.54, 1.807) is 0 Å². The number of ether oxygens (including phenoxy) is 2. The summed E-state index contributed by atoms with van der Waals surface area (Å²) in [5, 5.41) is 24.9. The van der Waals surface area contributed by atoms with Gasteiger partial charge in [-0.2, -0.15) is 4.98 Å². The lowest BCUT2D eigenvalue weighted by atomic mass is 9.79. The van der Waals surface area contributed by atoms with Crippen molar-refractivity contribution in [2.24, 2.45) is 5.41 Å². The number of nitrogens with two attached hydrogens (primary N) is 1. The molecule has 13 nitrogen and oxygen atoms in total. The van der Waals surface area contributed by atoms with Gasteiger partial charge in [-0.05, 0) is 49.1 Å². The van der Waals surface area contributed by atoms with Gasteiger partial charge in [-0.3, -0.25) is 18.4 Å². The minimum atomic E-state index is -4.12. The number of aromatic nitrogens is 2. The zero-order valence-corrected chi connectivity index (χ0v) is 34.3. The molecule has 0 amide bonds. The minimum absolute atomic E-state index is 0.0186. The van der Waals surface area contributed by atoms with Crippen LogP contribution in [0.25, 0.3) is 0 Å². The Bertz CT molecular complexity index is 2120. The summed E-state index contributed by atoms with van der Waals surface area (Å²) in [6.45, 7) is 4.53. The standard InChI is InChI=1S/C43H49N4O9PS/c1-41(2,30-53-43(32-18-10-5-11-19-32,33-20-12-6-13-21-33)34-22-14-7-15-23-34)39(49)58-27-26-54-57(52,45-28-31-16-8-4-9-17-31)55-29-35-37(48)42(3,51)38(56-35)47-25-24-36(44)46-40(47)50/h4-25,35,37-38,48,51H,26-30H2,1-3H3,(H,45,52)(H2,44,46,50)/t35?,37-,38-,42-,57?/m1/s1. The number of carbonyl (C=O) groups is 1. The smallest absolute Gasteiger partial charge is 0.387 e. The van der Waals surface area contributed by atoms with Gasteiger partial charge in [-0.25, -0.2) is 14.4 Å². The molecule has 1 aliphatic rings. The molecule has 306 valence electrons. The van der Waals surface area contributed by atoms with Gasteiger partial charge in [-0.15, -0.1) is 0 Å². The van der Waals surface area contributed by atoms with Crippen LogP contribution in [0.4, 0.5) is 5.82 Å². The van der Waals surface area contributed by atoms with Gasteiger partial charge in [0.25, 0.3) is 0 Å². The van der Waals surface area contributed by atoms with Crippen molar-refractivity contribution in [3.05, 3.63) is 166 Å². The maximum Gasteiger partial charge on any atom is 0.405 e. The summed E-state index contributed by atoms with van der Waals surface area (Å²) in [5.74, 6) is 0.116. The van der Waals surface area contributed by atoms with Crippen molar-refractivity contribution in [2.45, 2.75) is 57.0 Å². The molecule has 6 rings (SSSR count). The molecule has 5 aromatic rings. The van der Waals surface area contributed by atoms with E-state index in [0.717, 1.165) is 38.6 Å². The summed E-state index contributed by atoms with van der Waals surface area (Å²) in [6, 6.07) is 40.3. The van der Waals surface area contributed by atoms with Crippen LogP contribution in [0.3, 0.4) is 0 Å². The monoisotopic (exact) mass is 828 g/mol. The summed E-state index contributed by atoms with van der Waals surface area (Å²) in [4.78, 5) is 30.0. The summed E-state index contributed by atoms with van der Waals surface area (Å²) < 4.78 is 39.6. The topological polar surface area (TPSA) is 184 Å². The number of rotatable bonds is 18. The molecule has 1 fully saturated rings. The van der Waals surface area contributed by atoms with Crippen molar-refractivity contribution in [3.8, 4) is 0 Å². The lowest BCUT2D eigenvalue weighted by molar-refractivity contribution is -0.124. The molecule has 2 unspecified atom stereocenters. The summed E-state index contributed by atoms with van der Waals surface area (Å²) in [7, 11) is -4.12. The number of aliphatic hydroxyl groups excluding tert-OH is 1. The number of hydrogen-bond acceptors (Lipinski definition) is 12. The molecule has 0 saturated carbocycles. The molecular formula is C43H49N4O9PS. The van der Waals surface area contributed by atoms with Gasteiger partial charge >= 0.3 is 13.4 Å². The number of anilines is 1. The molecule has 5 N–H and O–H groups in total. The van der Waals surface area contributed by atoms with Crippen molar-refractivity contribution in [1.29, 1.82) is 0 Å². The molecule has 58 heavy (non-hydrogen) atoms. The summed E-state index contributed by atoms with van der Waals surface area (Å²) in [5.41, 5.74) is 4.47. The first-order chi connectivity index (χ1) is 27.7. The van der Waals surface area contributed by atoms with Crippen LogP contribution < -0.4 is 16.5 Å². The Hall–Kier alpha value is -4.47.